The number of carbonyl (C=O) groups is 1. The number of carbonyl (C=O) groups excluding carboxylic acids is 1. The summed E-state index contributed by atoms with van der Waals surface area (Å²) in [5, 5.41) is 5.71. The van der Waals surface area contributed by atoms with Crippen LogP contribution in [0.25, 0.3) is 10.2 Å². The molecule has 21 heavy (non-hydrogen) atoms. The second-order valence-corrected chi connectivity index (χ2v) is 5.59. The van der Waals surface area contributed by atoms with Crippen molar-refractivity contribution < 1.29 is 4.79 Å². The summed E-state index contributed by atoms with van der Waals surface area (Å²) in [5.74, 6) is 0.804. The third-order valence-electron chi connectivity index (χ3n) is 3.35. The predicted molar refractivity (Wildman–Crippen MR) is 83.9 cm³/mol. The number of anilines is 4. The van der Waals surface area contributed by atoms with Crippen molar-refractivity contribution in [3.8, 4) is 0 Å². The van der Waals surface area contributed by atoms with Crippen molar-refractivity contribution in [2.24, 2.45) is 0 Å². The Bertz CT molecular complexity index is 859. The first-order chi connectivity index (χ1) is 10.2. The number of hydrogen-bond acceptors (Lipinski definition) is 6. The van der Waals surface area contributed by atoms with Gasteiger partial charge in [0.2, 0.25) is 11.9 Å². The molecule has 0 spiro atoms. The molecule has 2 aromatic heterocycles. The molecule has 0 unspecified atom stereocenters. The van der Waals surface area contributed by atoms with Crippen LogP contribution in [0.3, 0.4) is 0 Å². The Morgan fingerprint density at radius 2 is 2.10 bits per heavy atom. The smallest absolute Gasteiger partial charge is 0.244 e. The third kappa shape index (κ3) is 1.90. The lowest BCUT2D eigenvalue weighted by Crippen LogP contribution is -2.35. The minimum atomic E-state index is -0.0748. The van der Waals surface area contributed by atoms with Crippen molar-refractivity contribution in [2.75, 3.05) is 22.5 Å². The highest BCUT2D eigenvalue weighted by atomic mass is 32.1. The summed E-state index contributed by atoms with van der Waals surface area (Å²) in [6.07, 6.45) is 0. The molecule has 0 saturated heterocycles. The van der Waals surface area contributed by atoms with Crippen LogP contribution >= 0.6 is 11.3 Å². The molecule has 1 amide bonds. The summed E-state index contributed by atoms with van der Waals surface area (Å²) in [7, 11) is 0. The Kier molecular flexibility index (Phi) is 2.55. The monoisotopic (exact) mass is 297 g/mol. The number of nitrogens with two attached hydrogens (primary N) is 1. The molecule has 7 heteroatoms. The van der Waals surface area contributed by atoms with E-state index in [0.717, 1.165) is 21.6 Å². The summed E-state index contributed by atoms with van der Waals surface area (Å²) in [6.45, 7) is 0.207. The van der Waals surface area contributed by atoms with Crippen LogP contribution in [0.4, 0.5) is 23.1 Å². The Morgan fingerprint density at radius 3 is 3.00 bits per heavy atom. The van der Waals surface area contributed by atoms with E-state index in [0.29, 0.717) is 5.82 Å². The molecule has 1 aliphatic heterocycles. The number of aromatic nitrogens is 2. The second kappa shape index (κ2) is 4.42. The van der Waals surface area contributed by atoms with Crippen LogP contribution in [-0.4, -0.2) is 22.4 Å². The van der Waals surface area contributed by atoms with Crippen molar-refractivity contribution in [3.05, 3.63) is 35.7 Å². The molecular formula is C14H11N5OS. The average molecular weight is 297 g/mol. The fourth-order valence-corrected chi connectivity index (χ4v) is 3.25. The topological polar surface area (TPSA) is 84.1 Å². The first-order valence-corrected chi connectivity index (χ1v) is 7.27. The number of para-hydroxylation sites is 2. The van der Waals surface area contributed by atoms with E-state index in [2.05, 4.69) is 15.3 Å². The summed E-state index contributed by atoms with van der Waals surface area (Å²) < 4.78 is 0. The molecule has 3 heterocycles. The van der Waals surface area contributed by atoms with Crippen LogP contribution in [0.1, 0.15) is 0 Å². The molecule has 0 atom stereocenters. The Hall–Kier alpha value is -2.67. The van der Waals surface area contributed by atoms with Gasteiger partial charge in [-0.3, -0.25) is 4.79 Å². The predicted octanol–water partition coefficient (Wildman–Crippen LogP) is 2.36. The highest BCUT2D eigenvalue weighted by Gasteiger charge is 2.25. The van der Waals surface area contributed by atoms with Gasteiger partial charge in [-0.15, -0.1) is 11.3 Å². The van der Waals surface area contributed by atoms with Gasteiger partial charge in [-0.1, -0.05) is 12.1 Å². The quantitative estimate of drug-likeness (QED) is 0.720. The van der Waals surface area contributed by atoms with Crippen LogP contribution in [0, 0.1) is 0 Å². The number of nitrogens with one attached hydrogen (secondary N) is 1. The number of benzene rings is 1. The maximum absolute atomic E-state index is 11.9. The van der Waals surface area contributed by atoms with Gasteiger partial charge in [-0.25, -0.2) is 4.98 Å². The fourth-order valence-electron chi connectivity index (χ4n) is 2.48. The van der Waals surface area contributed by atoms with Gasteiger partial charge >= 0.3 is 0 Å². The summed E-state index contributed by atoms with van der Waals surface area (Å²) in [6, 6.07) is 9.58. The minimum Gasteiger partial charge on any atom is -0.368 e. The largest absolute Gasteiger partial charge is 0.368 e. The van der Waals surface area contributed by atoms with Crippen LogP contribution in [0.2, 0.25) is 0 Å². The zero-order valence-corrected chi connectivity index (χ0v) is 11.7. The summed E-state index contributed by atoms with van der Waals surface area (Å²) in [5.41, 5.74) is 7.48. The van der Waals surface area contributed by atoms with E-state index >= 15 is 0 Å². The first-order valence-electron chi connectivity index (χ1n) is 6.39. The molecule has 1 aliphatic rings. The van der Waals surface area contributed by atoms with E-state index in [1.54, 1.807) is 0 Å². The van der Waals surface area contributed by atoms with Gasteiger partial charge in [0.1, 0.15) is 17.2 Å². The number of nitrogens with zero attached hydrogens (tertiary/aromatic N) is 3. The number of rotatable bonds is 1. The van der Waals surface area contributed by atoms with Crippen LogP contribution in [0.5, 0.6) is 0 Å². The zero-order valence-electron chi connectivity index (χ0n) is 10.9. The molecule has 0 aliphatic carbocycles. The normalized spacial score (nSPS) is 14.1. The van der Waals surface area contributed by atoms with Gasteiger partial charge in [-0.05, 0) is 23.6 Å². The Balaban J connectivity index is 1.96. The molecule has 1 aromatic carbocycles. The molecule has 4 rings (SSSR count). The molecule has 6 nitrogen and oxygen atoms in total. The van der Waals surface area contributed by atoms with Gasteiger partial charge in [0.05, 0.1) is 16.8 Å². The van der Waals surface area contributed by atoms with Crippen molar-refractivity contribution in [1.82, 2.24) is 9.97 Å². The maximum atomic E-state index is 11.9. The molecule has 0 fully saturated rings. The molecule has 3 N–H and O–H groups in total. The van der Waals surface area contributed by atoms with E-state index < -0.39 is 0 Å². The van der Waals surface area contributed by atoms with Gasteiger partial charge in [0.25, 0.3) is 0 Å². The van der Waals surface area contributed by atoms with Gasteiger partial charge in [0, 0.05) is 0 Å². The van der Waals surface area contributed by atoms with Crippen LogP contribution in [-0.2, 0) is 4.79 Å². The number of nitrogen functional groups attached to an aromatic ring is 1. The highest BCUT2D eigenvalue weighted by Crippen LogP contribution is 2.38. The molecule has 104 valence electrons. The maximum Gasteiger partial charge on any atom is 0.244 e. The number of hydrogen-bond donors (Lipinski definition) is 2. The lowest BCUT2D eigenvalue weighted by atomic mass is 10.2. The molecule has 0 saturated carbocycles. The average Bonchev–Trinajstić information content (AvgIpc) is 2.93. The first kappa shape index (κ1) is 12.1. The lowest BCUT2D eigenvalue weighted by molar-refractivity contribution is -0.115. The third-order valence-corrected chi connectivity index (χ3v) is 4.16. The summed E-state index contributed by atoms with van der Waals surface area (Å²) in [4.78, 5) is 23.2. The van der Waals surface area contributed by atoms with E-state index in [4.69, 9.17) is 5.73 Å². The van der Waals surface area contributed by atoms with Crippen molar-refractivity contribution in [2.45, 2.75) is 0 Å². The van der Waals surface area contributed by atoms with Crippen molar-refractivity contribution >= 4 is 50.6 Å². The van der Waals surface area contributed by atoms with Gasteiger partial charge in [0.15, 0.2) is 0 Å². The Morgan fingerprint density at radius 1 is 1.24 bits per heavy atom. The molecule has 3 aromatic rings. The second-order valence-electron chi connectivity index (χ2n) is 4.70. The highest BCUT2D eigenvalue weighted by molar-refractivity contribution is 7.16. The van der Waals surface area contributed by atoms with Gasteiger partial charge in [-0.2, -0.15) is 4.98 Å². The van der Waals surface area contributed by atoms with Crippen LogP contribution < -0.4 is 16.0 Å². The lowest BCUT2D eigenvalue weighted by Gasteiger charge is -2.30. The zero-order chi connectivity index (χ0) is 14.4. The number of thiophene rings is 1. The molecule has 0 bridgehead atoms. The van der Waals surface area contributed by atoms with Crippen LogP contribution in [0.15, 0.2) is 35.7 Å². The van der Waals surface area contributed by atoms with E-state index in [1.165, 1.54) is 11.3 Å². The Labute approximate surface area is 124 Å². The van der Waals surface area contributed by atoms with Crippen molar-refractivity contribution in [1.29, 1.82) is 0 Å². The van der Waals surface area contributed by atoms with E-state index in [1.807, 2.05) is 40.6 Å². The van der Waals surface area contributed by atoms with E-state index in [9.17, 15) is 4.79 Å². The van der Waals surface area contributed by atoms with Crippen molar-refractivity contribution in [3.63, 3.8) is 0 Å². The van der Waals surface area contributed by atoms with Gasteiger partial charge < -0.3 is 16.0 Å². The minimum absolute atomic E-state index is 0.0748. The SMILES string of the molecule is Nc1nc(N2CC(=O)Nc3ccccc32)c2ccsc2n1. The van der Waals surface area contributed by atoms with E-state index in [-0.39, 0.29) is 18.4 Å². The fraction of sp³-hybridized carbons (Fsp3) is 0.0714. The molecular weight excluding hydrogens is 286 g/mol. The molecule has 0 radical (unpaired) electrons. The standard InChI is InChI=1S/C14H11N5OS/c15-14-17-12(8-5-6-21-13(8)18-14)19-7-11(20)16-9-3-1-2-4-10(9)19/h1-6H,7H2,(H,16,20)(H2,15,17,18). The summed E-state index contributed by atoms with van der Waals surface area (Å²) >= 11 is 1.50. The number of amides is 1. The number of fused-ring (bicyclic) bond motifs is 2.